The topological polar surface area (TPSA) is 138 Å². The second-order valence-corrected chi connectivity index (χ2v) is 12.9. The summed E-state index contributed by atoms with van der Waals surface area (Å²) in [5.74, 6) is 1.10. The molecule has 50 heavy (non-hydrogen) atoms. The van der Waals surface area contributed by atoms with Gasteiger partial charge in [-0.1, -0.05) is 127 Å². The van der Waals surface area contributed by atoms with Crippen LogP contribution in [0, 0.1) is 20.8 Å². The average molecular weight is 693 g/mol. The first-order valence-corrected chi connectivity index (χ1v) is 17.6. The predicted octanol–water partition coefficient (Wildman–Crippen LogP) is 8.95. The van der Waals surface area contributed by atoms with Crippen molar-refractivity contribution in [3.63, 3.8) is 0 Å². The highest BCUT2D eigenvalue weighted by atomic mass is 31.2. The van der Waals surface area contributed by atoms with Crippen LogP contribution in [0.3, 0.4) is 0 Å². The van der Waals surface area contributed by atoms with E-state index in [2.05, 4.69) is 36.4 Å². The SMILES string of the molecule is Cc1cc(Cc2ccccc2)ccc1O.Cc1cc(Cc2ccccc2)ccc1O.Cc1cc(Cc2ccccc2)ccc1O.O=P(O)(O)O. The van der Waals surface area contributed by atoms with Gasteiger partial charge in [-0.15, -0.1) is 0 Å². The van der Waals surface area contributed by atoms with E-state index in [1.54, 1.807) is 18.2 Å². The van der Waals surface area contributed by atoms with Gasteiger partial charge in [0, 0.05) is 0 Å². The number of aromatic hydroxyl groups is 3. The van der Waals surface area contributed by atoms with Crippen molar-refractivity contribution in [3.8, 4) is 17.2 Å². The summed E-state index contributed by atoms with van der Waals surface area (Å²) in [6, 6.07) is 48.3. The summed E-state index contributed by atoms with van der Waals surface area (Å²) in [6.07, 6.45) is 2.76. The van der Waals surface area contributed by atoms with E-state index in [-0.39, 0.29) is 0 Å². The normalized spacial score (nSPS) is 10.4. The molecule has 0 amide bonds. The summed E-state index contributed by atoms with van der Waals surface area (Å²) < 4.78 is 8.88. The summed E-state index contributed by atoms with van der Waals surface area (Å²) in [4.78, 5) is 21.6. The molecule has 0 atom stereocenters. The molecule has 0 bridgehead atoms. The number of aryl methyl sites for hydroxylation is 3. The lowest BCUT2D eigenvalue weighted by atomic mass is 10.0. The molecule has 260 valence electrons. The van der Waals surface area contributed by atoms with Gasteiger partial charge in [0.1, 0.15) is 17.2 Å². The van der Waals surface area contributed by atoms with E-state index >= 15 is 0 Å². The maximum atomic E-state index is 9.41. The lowest BCUT2D eigenvalue weighted by Crippen LogP contribution is -1.88. The van der Waals surface area contributed by atoms with Crippen LogP contribution in [-0.4, -0.2) is 30.0 Å². The van der Waals surface area contributed by atoms with Crippen LogP contribution in [0.15, 0.2) is 146 Å². The van der Waals surface area contributed by atoms with Gasteiger partial charge in [-0.25, -0.2) is 4.57 Å². The minimum Gasteiger partial charge on any atom is -0.508 e. The summed E-state index contributed by atoms with van der Waals surface area (Å²) in [6.45, 7) is 5.76. The van der Waals surface area contributed by atoms with E-state index in [0.717, 1.165) is 36.0 Å². The van der Waals surface area contributed by atoms with Crippen molar-refractivity contribution in [2.75, 3.05) is 0 Å². The molecule has 6 aromatic rings. The number of hydrogen-bond acceptors (Lipinski definition) is 4. The molecule has 0 fully saturated rings. The quantitative estimate of drug-likeness (QED) is 0.0959. The molecule has 0 aliphatic rings. The van der Waals surface area contributed by atoms with Crippen molar-refractivity contribution in [2.24, 2.45) is 0 Å². The molecule has 7 nitrogen and oxygen atoms in total. The number of rotatable bonds is 6. The van der Waals surface area contributed by atoms with Crippen LogP contribution in [0.4, 0.5) is 0 Å². The second-order valence-electron chi connectivity index (χ2n) is 11.9. The van der Waals surface area contributed by atoms with Gasteiger partial charge in [0.25, 0.3) is 0 Å². The number of hydrogen-bond donors (Lipinski definition) is 6. The lowest BCUT2D eigenvalue weighted by Gasteiger charge is -2.04. The summed E-state index contributed by atoms with van der Waals surface area (Å²) >= 11 is 0. The molecular formula is C42H45O7P. The number of phenols is 3. The van der Waals surface area contributed by atoms with Crippen molar-refractivity contribution >= 4 is 7.82 Å². The molecule has 0 aliphatic carbocycles. The van der Waals surface area contributed by atoms with Crippen molar-refractivity contribution < 1.29 is 34.6 Å². The molecule has 8 heteroatoms. The van der Waals surface area contributed by atoms with Gasteiger partial charge in [-0.2, -0.15) is 0 Å². The van der Waals surface area contributed by atoms with Crippen molar-refractivity contribution in [1.82, 2.24) is 0 Å². The van der Waals surface area contributed by atoms with E-state index in [1.165, 1.54) is 33.4 Å². The highest BCUT2D eigenvalue weighted by Crippen LogP contribution is 2.26. The van der Waals surface area contributed by atoms with Crippen molar-refractivity contribution in [3.05, 3.63) is 196 Å². The minimum atomic E-state index is -4.64. The number of benzene rings is 6. The fourth-order valence-corrected chi connectivity index (χ4v) is 4.98. The maximum Gasteiger partial charge on any atom is 0.466 e. The van der Waals surface area contributed by atoms with E-state index in [0.29, 0.717) is 17.2 Å². The molecule has 0 radical (unpaired) electrons. The van der Waals surface area contributed by atoms with Gasteiger partial charge in [0.15, 0.2) is 0 Å². The lowest BCUT2D eigenvalue weighted by molar-refractivity contribution is 0.275. The van der Waals surface area contributed by atoms with E-state index in [1.807, 2.05) is 112 Å². The Morgan fingerprint density at radius 2 is 0.600 bits per heavy atom. The molecular weight excluding hydrogens is 647 g/mol. The number of phosphoric acid groups is 1. The van der Waals surface area contributed by atoms with Gasteiger partial charge in [-0.3, -0.25) is 0 Å². The molecule has 6 rings (SSSR count). The Kier molecular flexibility index (Phi) is 15.5. The third-order valence-corrected chi connectivity index (χ3v) is 7.54. The Morgan fingerprint density at radius 1 is 0.380 bits per heavy atom. The van der Waals surface area contributed by atoms with Gasteiger partial charge in [-0.05, 0) is 108 Å². The zero-order chi connectivity index (χ0) is 36.5. The van der Waals surface area contributed by atoms with Crippen LogP contribution in [0.2, 0.25) is 0 Å². The molecule has 0 aromatic heterocycles. The van der Waals surface area contributed by atoms with Gasteiger partial charge >= 0.3 is 7.82 Å². The largest absolute Gasteiger partial charge is 0.508 e. The minimum absolute atomic E-state index is 0.367. The zero-order valence-electron chi connectivity index (χ0n) is 28.5. The van der Waals surface area contributed by atoms with Crippen LogP contribution < -0.4 is 0 Å². The maximum absolute atomic E-state index is 9.41. The Morgan fingerprint density at radius 3 is 0.800 bits per heavy atom. The fourth-order valence-electron chi connectivity index (χ4n) is 4.98. The third-order valence-electron chi connectivity index (χ3n) is 7.54. The zero-order valence-corrected chi connectivity index (χ0v) is 29.4. The first-order valence-electron chi connectivity index (χ1n) is 16.0. The molecule has 0 saturated carbocycles. The molecule has 0 spiro atoms. The average Bonchev–Trinajstić information content (AvgIpc) is 3.08. The number of phenolic OH excluding ortho intramolecular Hbond substituents is 3. The summed E-state index contributed by atoms with van der Waals surface area (Å²) in [7, 11) is -4.64. The monoisotopic (exact) mass is 692 g/mol. The molecule has 0 unspecified atom stereocenters. The standard InChI is InChI=1S/3C14H14O.H3O4P/c3*1-11-9-13(7-8-14(11)15)10-12-5-3-2-4-6-12;1-5(2,3)4/h3*2-9,15H,10H2,1H3;(H3,1,2,3,4). The van der Waals surface area contributed by atoms with Gasteiger partial charge in [0.05, 0.1) is 0 Å². The van der Waals surface area contributed by atoms with Crippen LogP contribution in [0.25, 0.3) is 0 Å². The molecule has 0 saturated heterocycles. The van der Waals surface area contributed by atoms with Crippen LogP contribution in [0.1, 0.15) is 50.1 Å². The fraction of sp³-hybridized carbons (Fsp3) is 0.143. The summed E-state index contributed by atoms with van der Waals surface area (Å²) in [5, 5.41) is 28.2. The molecule has 6 N–H and O–H groups in total. The Bertz CT molecular complexity index is 1720. The van der Waals surface area contributed by atoms with Gasteiger partial charge in [0.2, 0.25) is 0 Å². The Balaban J connectivity index is 0.000000190. The van der Waals surface area contributed by atoms with Crippen LogP contribution in [0.5, 0.6) is 17.2 Å². The van der Waals surface area contributed by atoms with Crippen molar-refractivity contribution in [2.45, 2.75) is 40.0 Å². The highest BCUT2D eigenvalue weighted by Gasteiger charge is 2.02. The highest BCUT2D eigenvalue weighted by molar-refractivity contribution is 7.45. The van der Waals surface area contributed by atoms with Crippen LogP contribution >= 0.6 is 7.82 Å². The van der Waals surface area contributed by atoms with Crippen LogP contribution in [-0.2, 0) is 23.8 Å². The molecule has 0 heterocycles. The van der Waals surface area contributed by atoms with E-state index in [4.69, 9.17) is 19.2 Å². The van der Waals surface area contributed by atoms with Crippen molar-refractivity contribution in [1.29, 1.82) is 0 Å². The first kappa shape index (κ1) is 39.3. The first-order chi connectivity index (χ1) is 23.8. The van der Waals surface area contributed by atoms with E-state index < -0.39 is 7.82 Å². The Hall–Kier alpha value is -5.17. The molecule has 0 aliphatic heterocycles. The predicted molar refractivity (Wildman–Crippen MR) is 201 cm³/mol. The third kappa shape index (κ3) is 15.4. The summed E-state index contributed by atoms with van der Waals surface area (Å²) in [5.41, 5.74) is 10.4. The Labute approximate surface area is 294 Å². The van der Waals surface area contributed by atoms with Gasteiger partial charge < -0.3 is 30.0 Å². The second kappa shape index (κ2) is 19.7. The smallest absolute Gasteiger partial charge is 0.466 e. The van der Waals surface area contributed by atoms with E-state index in [9.17, 15) is 15.3 Å². The molecule has 6 aromatic carbocycles.